The SMILES string of the molecule is CCCN1CCC[C@@H]2Cc3nc(SC)ncc3C[C@H]21. The largest absolute Gasteiger partial charge is 0.300 e. The van der Waals surface area contributed by atoms with Crippen molar-refractivity contribution in [2.24, 2.45) is 5.92 Å². The van der Waals surface area contributed by atoms with Gasteiger partial charge >= 0.3 is 0 Å². The molecule has 1 aliphatic carbocycles. The summed E-state index contributed by atoms with van der Waals surface area (Å²) < 4.78 is 0. The van der Waals surface area contributed by atoms with Crippen LogP contribution in [0.15, 0.2) is 11.4 Å². The van der Waals surface area contributed by atoms with Gasteiger partial charge in [0.1, 0.15) is 0 Å². The zero-order valence-corrected chi connectivity index (χ0v) is 12.7. The fraction of sp³-hybridized carbons (Fsp3) is 0.733. The summed E-state index contributed by atoms with van der Waals surface area (Å²) in [6, 6.07) is 0.741. The van der Waals surface area contributed by atoms with Crippen molar-refractivity contribution < 1.29 is 0 Å². The van der Waals surface area contributed by atoms with Crippen molar-refractivity contribution in [3.05, 3.63) is 17.5 Å². The Morgan fingerprint density at radius 3 is 3.11 bits per heavy atom. The second-order valence-electron chi connectivity index (χ2n) is 5.74. The Morgan fingerprint density at radius 1 is 1.42 bits per heavy atom. The smallest absolute Gasteiger partial charge is 0.187 e. The van der Waals surface area contributed by atoms with E-state index in [0.29, 0.717) is 0 Å². The number of hydrogen-bond donors (Lipinski definition) is 0. The lowest BCUT2D eigenvalue weighted by Crippen LogP contribution is -2.49. The van der Waals surface area contributed by atoms with Crippen molar-refractivity contribution in [2.45, 2.75) is 50.2 Å². The van der Waals surface area contributed by atoms with Gasteiger partial charge in [-0.15, -0.1) is 0 Å². The first-order valence-corrected chi connectivity index (χ1v) is 8.67. The number of thioether (sulfide) groups is 1. The molecule has 1 fully saturated rings. The van der Waals surface area contributed by atoms with Gasteiger partial charge in [0.25, 0.3) is 0 Å². The fourth-order valence-electron chi connectivity index (χ4n) is 3.65. The highest BCUT2D eigenvalue weighted by molar-refractivity contribution is 7.98. The van der Waals surface area contributed by atoms with Gasteiger partial charge in [0.2, 0.25) is 0 Å². The monoisotopic (exact) mass is 277 g/mol. The third-order valence-corrected chi connectivity index (χ3v) is 5.11. The number of fused-ring (bicyclic) bond motifs is 2. The highest BCUT2D eigenvalue weighted by Crippen LogP contribution is 2.34. The van der Waals surface area contributed by atoms with Crippen LogP contribution in [0.25, 0.3) is 0 Å². The molecule has 19 heavy (non-hydrogen) atoms. The molecule has 3 nitrogen and oxygen atoms in total. The van der Waals surface area contributed by atoms with Crippen molar-refractivity contribution in [3.63, 3.8) is 0 Å². The Labute approximate surface area is 120 Å². The summed E-state index contributed by atoms with van der Waals surface area (Å²) in [5.74, 6) is 0.817. The van der Waals surface area contributed by atoms with Crippen molar-refractivity contribution in [2.75, 3.05) is 19.3 Å². The Hall–Kier alpha value is -0.610. The zero-order chi connectivity index (χ0) is 13.2. The van der Waals surface area contributed by atoms with Crippen LogP contribution in [0, 0.1) is 5.92 Å². The first-order chi connectivity index (χ1) is 9.31. The summed E-state index contributed by atoms with van der Waals surface area (Å²) in [6.07, 6.45) is 10.4. The minimum absolute atomic E-state index is 0.741. The van der Waals surface area contributed by atoms with Gasteiger partial charge in [-0.05, 0) is 62.9 Å². The van der Waals surface area contributed by atoms with Gasteiger partial charge in [-0.3, -0.25) is 4.90 Å². The van der Waals surface area contributed by atoms with E-state index in [1.807, 2.05) is 0 Å². The molecule has 1 saturated heterocycles. The molecular formula is C15H23N3S. The molecule has 1 aromatic rings. The number of piperidine rings is 1. The second-order valence-corrected chi connectivity index (χ2v) is 6.52. The van der Waals surface area contributed by atoms with Gasteiger partial charge in [-0.25, -0.2) is 9.97 Å². The molecule has 2 aliphatic rings. The standard InChI is InChI=1S/C15H23N3S/c1-3-6-18-7-4-5-11-8-13-12(9-14(11)18)10-16-15(17-13)19-2/h10-11,14H,3-9H2,1-2H3/t11-,14-/m1/s1. The van der Waals surface area contributed by atoms with Crippen LogP contribution < -0.4 is 0 Å². The quantitative estimate of drug-likeness (QED) is 0.627. The number of rotatable bonds is 3. The number of hydrogen-bond acceptors (Lipinski definition) is 4. The van der Waals surface area contributed by atoms with E-state index in [-0.39, 0.29) is 0 Å². The number of nitrogens with zero attached hydrogens (tertiary/aromatic N) is 3. The van der Waals surface area contributed by atoms with Crippen LogP contribution in [0.4, 0.5) is 0 Å². The fourth-order valence-corrected chi connectivity index (χ4v) is 4.01. The summed E-state index contributed by atoms with van der Waals surface area (Å²) in [5, 5.41) is 0.929. The Morgan fingerprint density at radius 2 is 2.32 bits per heavy atom. The molecule has 0 bridgehead atoms. The molecule has 0 unspecified atom stereocenters. The van der Waals surface area contributed by atoms with E-state index in [1.165, 1.54) is 43.6 Å². The lowest BCUT2D eigenvalue weighted by molar-refractivity contribution is 0.0842. The van der Waals surface area contributed by atoms with Crippen LogP contribution in [0.1, 0.15) is 37.4 Å². The molecule has 104 valence electrons. The molecule has 0 spiro atoms. The van der Waals surface area contributed by atoms with Crippen molar-refractivity contribution >= 4 is 11.8 Å². The molecule has 1 aromatic heterocycles. The van der Waals surface area contributed by atoms with Gasteiger partial charge in [0.15, 0.2) is 5.16 Å². The molecule has 0 amide bonds. The number of aromatic nitrogens is 2. The minimum atomic E-state index is 0.741. The van der Waals surface area contributed by atoms with Gasteiger partial charge in [-0.2, -0.15) is 0 Å². The maximum Gasteiger partial charge on any atom is 0.187 e. The molecule has 2 atom stereocenters. The molecule has 0 N–H and O–H groups in total. The topological polar surface area (TPSA) is 29.0 Å². The van der Waals surface area contributed by atoms with Crippen LogP contribution in [0.5, 0.6) is 0 Å². The summed E-state index contributed by atoms with van der Waals surface area (Å²) >= 11 is 1.65. The van der Waals surface area contributed by atoms with Gasteiger partial charge in [0, 0.05) is 17.9 Å². The van der Waals surface area contributed by atoms with Gasteiger partial charge in [0.05, 0.1) is 0 Å². The lowest BCUT2D eigenvalue weighted by atomic mass is 9.77. The number of likely N-dealkylation sites (tertiary alicyclic amines) is 1. The minimum Gasteiger partial charge on any atom is -0.300 e. The van der Waals surface area contributed by atoms with E-state index in [0.717, 1.165) is 30.0 Å². The average molecular weight is 277 g/mol. The predicted molar refractivity (Wildman–Crippen MR) is 79.6 cm³/mol. The van der Waals surface area contributed by atoms with Gasteiger partial charge < -0.3 is 0 Å². The van der Waals surface area contributed by atoms with E-state index < -0.39 is 0 Å². The van der Waals surface area contributed by atoms with Crippen LogP contribution in [-0.2, 0) is 12.8 Å². The van der Waals surface area contributed by atoms with E-state index >= 15 is 0 Å². The highest BCUT2D eigenvalue weighted by atomic mass is 32.2. The molecule has 3 rings (SSSR count). The van der Waals surface area contributed by atoms with E-state index in [1.54, 1.807) is 11.8 Å². The zero-order valence-electron chi connectivity index (χ0n) is 11.9. The Balaban J connectivity index is 1.84. The summed E-state index contributed by atoms with van der Waals surface area (Å²) in [6.45, 7) is 4.82. The average Bonchev–Trinajstić information content (AvgIpc) is 2.45. The van der Waals surface area contributed by atoms with Gasteiger partial charge in [-0.1, -0.05) is 18.7 Å². The summed E-state index contributed by atoms with van der Waals surface area (Å²) in [7, 11) is 0. The molecule has 1 aliphatic heterocycles. The highest BCUT2D eigenvalue weighted by Gasteiger charge is 2.35. The molecule has 2 heterocycles. The summed E-state index contributed by atoms with van der Waals surface area (Å²) in [4.78, 5) is 11.9. The van der Waals surface area contributed by atoms with Crippen LogP contribution in [0.2, 0.25) is 0 Å². The van der Waals surface area contributed by atoms with Crippen molar-refractivity contribution in [1.29, 1.82) is 0 Å². The first kappa shape index (κ1) is 13.4. The van der Waals surface area contributed by atoms with E-state index in [9.17, 15) is 0 Å². The third-order valence-electron chi connectivity index (χ3n) is 4.54. The third kappa shape index (κ3) is 2.65. The molecule has 0 aromatic carbocycles. The van der Waals surface area contributed by atoms with Crippen LogP contribution in [0.3, 0.4) is 0 Å². The van der Waals surface area contributed by atoms with Crippen molar-refractivity contribution in [3.8, 4) is 0 Å². The maximum absolute atomic E-state index is 4.73. The van der Waals surface area contributed by atoms with E-state index in [2.05, 4.69) is 29.3 Å². The first-order valence-electron chi connectivity index (χ1n) is 7.44. The predicted octanol–water partition coefficient (Wildman–Crippen LogP) is 2.79. The molecule has 0 radical (unpaired) electrons. The molecular weight excluding hydrogens is 254 g/mol. The second kappa shape index (κ2) is 5.80. The normalized spacial score (nSPS) is 26.8. The molecule has 4 heteroatoms. The van der Waals surface area contributed by atoms with Crippen LogP contribution >= 0.6 is 11.8 Å². The Bertz CT molecular complexity index is 447. The van der Waals surface area contributed by atoms with Crippen LogP contribution in [-0.4, -0.2) is 40.3 Å². The Kier molecular flexibility index (Phi) is 4.08. The lowest BCUT2D eigenvalue weighted by Gasteiger charge is -2.44. The van der Waals surface area contributed by atoms with E-state index in [4.69, 9.17) is 4.98 Å². The molecule has 0 saturated carbocycles. The summed E-state index contributed by atoms with van der Waals surface area (Å²) in [5.41, 5.74) is 2.71. The van der Waals surface area contributed by atoms with Crippen molar-refractivity contribution in [1.82, 2.24) is 14.9 Å². The maximum atomic E-state index is 4.73.